The van der Waals surface area contributed by atoms with Gasteiger partial charge in [0.15, 0.2) is 0 Å². The van der Waals surface area contributed by atoms with Crippen LogP contribution in [-0.2, 0) is 13.0 Å². The van der Waals surface area contributed by atoms with Crippen LogP contribution in [0.25, 0.3) is 11.3 Å². The van der Waals surface area contributed by atoms with Gasteiger partial charge in [-0.1, -0.05) is 25.1 Å². The molecule has 134 valence electrons. The predicted molar refractivity (Wildman–Crippen MR) is 103 cm³/mol. The first-order valence-electron chi connectivity index (χ1n) is 8.53. The van der Waals surface area contributed by atoms with Gasteiger partial charge in [-0.3, -0.25) is 9.78 Å². The molecule has 0 bridgehead atoms. The molecule has 26 heavy (non-hydrogen) atoms. The average Bonchev–Trinajstić information content (AvgIpc) is 3.14. The second-order valence-corrected chi connectivity index (χ2v) is 6.91. The highest BCUT2D eigenvalue weighted by molar-refractivity contribution is 7.09. The molecule has 0 spiro atoms. The molecule has 2 N–H and O–H groups in total. The third kappa shape index (κ3) is 4.33. The van der Waals surface area contributed by atoms with Crippen LogP contribution in [-0.4, -0.2) is 21.0 Å². The van der Waals surface area contributed by atoms with Crippen molar-refractivity contribution in [3.05, 3.63) is 69.8 Å². The maximum absolute atomic E-state index is 12.3. The Kier molecular flexibility index (Phi) is 5.75. The van der Waals surface area contributed by atoms with Gasteiger partial charge in [-0.25, -0.2) is 4.98 Å². The Morgan fingerprint density at radius 1 is 1.19 bits per heavy atom. The Bertz CT molecular complexity index is 888. The van der Waals surface area contributed by atoms with Gasteiger partial charge in [0.2, 0.25) is 0 Å². The molecule has 0 aliphatic rings. The van der Waals surface area contributed by atoms with Gasteiger partial charge < -0.3 is 10.4 Å². The first kappa shape index (κ1) is 18.2. The molecule has 0 radical (unpaired) electrons. The van der Waals surface area contributed by atoms with Crippen molar-refractivity contribution in [2.75, 3.05) is 0 Å². The number of aromatic nitrogens is 2. The van der Waals surface area contributed by atoms with Gasteiger partial charge in [0.25, 0.3) is 5.91 Å². The smallest absolute Gasteiger partial charge is 0.251 e. The normalized spacial score (nSPS) is 12.0. The molecule has 0 saturated heterocycles. The third-order valence-electron chi connectivity index (χ3n) is 3.97. The van der Waals surface area contributed by atoms with Crippen molar-refractivity contribution >= 4 is 17.2 Å². The minimum Gasteiger partial charge on any atom is -0.387 e. The number of benzene rings is 1. The summed E-state index contributed by atoms with van der Waals surface area (Å²) in [5, 5.41) is 15.6. The quantitative estimate of drug-likeness (QED) is 0.696. The van der Waals surface area contributed by atoms with Crippen LogP contribution >= 0.6 is 11.3 Å². The first-order chi connectivity index (χ1) is 12.6. The van der Waals surface area contributed by atoms with Crippen LogP contribution in [0.4, 0.5) is 0 Å². The van der Waals surface area contributed by atoms with Gasteiger partial charge in [0.1, 0.15) is 0 Å². The molecule has 0 aliphatic heterocycles. The van der Waals surface area contributed by atoms with E-state index in [1.807, 2.05) is 29.6 Å². The molecule has 2 aromatic heterocycles. The summed E-state index contributed by atoms with van der Waals surface area (Å²) in [6, 6.07) is 12.8. The average molecular weight is 367 g/mol. The number of hydrogen-bond donors (Lipinski definition) is 2. The van der Waals surface area contributed by atoms with Gasteiger partial charge in [-0.2, -0.15) is 0 Å². The minimum absolute atomic E-state index is 0.131. The summed E-state index contributed by atoms with van der Waals surface area (Å²) in [5.41, 5.74) is 3.77. The first-order valence-corrected chi connectivity index (χ1v) is 9.41. The molecule has 0 aliphatic carbocycles. The number of aryl methyl sites for hydroxylation is 1. The number of hydrogen-bond acceptors (Lipinski definition) is 5. The summed E-state index contributed by atoms with van der Waals surface area (Å²) in [6.45, 7) is 4.18. The van der Waals surface area contributed by atoms with Crippen molar-refractivity contribution in [2.45, 2.75) is 32.9 Å². The molecular formula is C20H21N3O2S. The minimum atomic E-state index is -0.612. The lowest BCUT2D eigenvalue weighted by atomic mass is 10.1. The van der Waals surface area contributed by atoms with Gasteiger partial charge in [0, 0.05) is 16.5 Å². The molecule has 0 fully saturated rings. The van der Waals surface area contributed by atoms with Gasteiger partial charge >= 0.3 is 0 Å². The zero-order valence-corrected chi connectivity index (χ0v) is 15.6. The topological polar surface area (TPSA) is 75.1 Å². The third-order valence-corrected chi connectivity index (χ3v) is 5.02. The van der Waals surface area contributed by atoms with Gasteiger partial charge in [0.05, 0.1) is 34.7 Å². The van der Waals surface area contributed by atoms with E-state index in [4.69, 9.17) is 0 Å². The summed E-state index contributed by atoms with van der Waals surface area (Å²) in [4.78, 5) is 21.2. The molecule has 1 atom stereocenters. The van der Waals surface area contributed by atoms with Crippen molar-refractivity contribution in [2.24, 2.45) is 0 Å². The largest absolute Gasteiger partial charge is 0.387 e. The maximum Gasteiger partial charge on any atom is 0.251 e. The Balaban J connectivity index is 1.66. The fraction of sp³-hybridized carbons (Fsp3) is 0.250. The summed E-state index contributed by atoms with van der Waals surface area (Å²) in [5.74, 6) is -0.131. The summed E-state index contributed by atoms with van der Waals surface area (Å²) in [6.07, 6.45) is 0.295. The monoisotopic (exact) mass is 367 g/mol. The van der Waals surface area contributed by atoms with E-state index in [2.05, 4.69) is 22.2 Å². The Labute approximate surface area is 156 Å². The number of thiazole rings is 1. The highest BCUT2D eigenvalue weighted by atomic mass is 32.1. The Hall–Kier alpha value is -2.57. The van der Waals surface area contributed by atoms with Crippen LogP contribution in [0, 0.1) is 0 Å². The zero-order valence-electron chi connectivity index (χ0n) is 14.8. The molecule has 0 saturated carbocycles. The van der Waals surface area contributed by atoms with E-state index in [0.717, 1.165) is 28.4 Å². The summed E-state index contributed by atoms with van der Waals surface area (Å²) < 4.78 is 0. The highest BCUT2D eigenvalue weighted by Gasteiger charge is 2.09. The lowest BCUT2D eigenvalue weighted by molar-refractivity contribution is 0.0950. The van der Waals surface area contributed by atoms with Crippen molar-refractivity contribution in [3.63, 3.8) is 0 Å². The molecular weight excluding hydrogens is 346 g/mol. The Morgan fingerprint density at radius 3 is 2.62 bits per heavy atom. The number of nitrogens with one attached hydrogen (secondary N) is 1. The van der Waals surface area contributed by atoms with E-state index in [1.54, 1.807) is 36.5 Å². The van der Waals surface area contributed by atoms with Crippen LogP contribution < -0.4 is 5.32 Å². The van der Waals surface area contributed by atoms with Crippen LogP contribution in [0.2, 0.25) is 0 Å². The van der Waals surface area contributed by atoms with Crippen molar-refractivity contribution in [1.82, 2.24) is 15.3 Å². The number of carbonyl (C=O) groups is 1. The molecule has 3 rings (SSSR count). The molecule has 3 aromatic rings. The molecule has 5 nitrogen and oxygen atoms in total. The summed E-state index contributed by atoms with van der Waals surface area (Å²) in [7, 11) is 0. The Morgan fingerprint density at radius 2 is 1.96 bits per heavy atom. The highest BCUT2D eigenvalue weighted by Crippen LogP contribution is 2.20. The fourth-order valence-corrected chi connectivity index (χ4v) is 3.25. The number of rotatable bonds is 6. The number of aliphatic hydroxyl groups is 1. The fourth-order valence-electron chi connectivity index (χ4n) is 2.50. The number of amides is 1. The molecule has 6 heteroatoms. The molecule has 1 amide bonds. The maximum atomic E-state index is 12.3. The van der Waals surface area contributed by atoms with Gasteiger partial charge in [-0.05, 0) is 37.6 Å². The number of aliphatic hydroxyl groups excluding tert-OH is 1. The number of nitrogens with zero attached hydrogens (tertiary/aromatic N) is 2. The standard InChI is InChI=1S/C20H21N3O2S/c1-3-19-22-16(12-26-19)11-21-20(25)15-9-7-14(8-10-15)18-6-4-5-17(23-18)13(2)24/h4-10,12-13,24H,3,11H2,1-2H3,(H,21,25). The van der Waals surface area contributed by atoms with Crippen molar-refractivity contribution in [3.8, 4) is 11.3 Å². The van der Waals surface area contributed by atoms with Crippen molar-refractivity contribution in [1.29, 1.82) is 0 Å². The lowest BCUT2D eigenvalue weighted by Crippen LogP contribution is -2.22. The second-order valence-electron chi connectivity index (χ2n) is 5.97. The van der Waals surface area contributed by atoms with E-state index in [0.29, 0.717) is 17.8 Å². The predicted octanol–water partition coefficient (Wildman–Crippen LogP) is 3.75. The van der Waals surface area contributed by atoms with Crippen LogP contribution in [0.1, 0.15) is 46.7 Å². The van der Waals surface area contributed by atoms with Crippen LogP contribution in [0.5, 0.6) is 0 Å². The van der Waals surface area contributed by atoms with Crippen LogP contribution in [0.3, 0.4) is 0 Å². The summed E-state index contributed by atoms with van der Waals surface area (Å²) >= 11 is 1.61. The van der Waals surface area contributed by atoms with E-state index >= 15 is 0 Å². The molecule has 1 aromatic carbocycles. The number of pyridine rings is 1. The molecule has 1 unspecified atom stereocenters. The van der Waals surface area contributed by atoms with Crippen LogP contribution in [0.15, 0.2) is 47.8 Å². The lowest BCUT2D eigenvalue weighted by Gasteiger charge is -2.08. The number of carbonyl (C=O) groups excluding carboxylic acids is 1. The molecule has 2 heterocycles. The van der Waals surface area contributed by atoms with E-state index in [9.17, 15) is 9.90 Å². The SMILES string of the molecule is CCc1nc(CNC(=O)c2ccc(-c3cccc(C(C)O)n3)cc2)cs1. The van der Waals surface area contributed by atoms with Crippen molar-refractivity contribution < 1.29 is 9.90 Å². The van der Waals surface area contributed by atoms with E-state index < -0.39 is 6.10 Å². The van der Waals surface area contributed by atoms with E-state index in [-0.39, 0.29) is 5.91 Å². The second kappa shape index (κ2) is 8.21. The zero-order chi connectivity index (χ0) is 18.5. The van der Waals surface area contributed by atoms with E-state index in [1.165, 1.54) is 0 Å². The van der Waals surface area contributed by atoms with Gasteiger partial charge in [-0.15, -0.1) is 11.3 Å².